The Morgan fingerprint density at radius 1 is 0.600 bits per heavy atom. The Morgan fingerprint density at radius 3 is 1.76 bits per heavy atom. The predicted molar refractivity (Wildman–Crippen MR) is 107 cm³/mol. The van der Waals surface area contributed by atoms with Gasteiger partial charge in [-0.05, 0) is 46.7 Å². The minimum absolute atomic E-state index is 0.457. The van der Waals surface area contributed by atoms with Crippen LogP contribution in [0.3, 0.4) is 0 Å². The van der Waals surface area contributed by atoms with Crippen LogP contribution in [-0.2, 0) is 0 Å². The first kappa shape index (κ1) is 17.3. The number of hydrogen-bond acceptors (Lipinski definition) is 1. The average molecular weight is 330 g/mol. The van der Waals surface area contributed by atoms with Gasteiger partial charge in [-0.3, -0.25) is 0 Å². The molecule has 0 saturated carbocycles. The molecule has 0 unspecified atom stereocenters. The fourth-order valence-corrected chi connectivity index (χ4v) is 3.24. The van der Waals surface area contributed by atoms with Crippen LogP contribution in [0.4, 0.5) is 0 Å². The van der Waals surface area contributed by atoms with E-state index in [0.717, 1.165) is 11.5 Å². The third-order valence-electron chi connectivity index (χ3n) is 4.50. The summed E-state index contributed by atoms with van der Waals surface area (Å²) in [6, 6.07) is 25.0. The maximum Gasteiger partial charge on any atom is 0.135 e. The van der Waals surface area contributed by atoms with Gasteiger partial charge in [0.05, 0.1) is 0 Å². The Morgan fingerprint density at radius 2 is 1.16 bits per heavy atom. The molecule has 0 N–H and O–H groups in total. The summed E-state index contributed by atoms with van der Waals surface area (Å²) in [5.41, 5.74) is 5.23. The Labute approximate surface area is 151 Å². The van der Waals surface area contributed by atoms with Crippen molar-refractivity contribution in [3.8, 4) is 22.6 Å². The van der Waals surface area contributed by atoms with E-state index in [1.54, 1.807) is 0 Å². The summed E-state index contributed by atoms with van der Waals surface area (Å²) < 4.78 is 6.23. The summed E-state index contributed by atoms with van der Waals surface area (Å²) in [6.07, 6.45) is 0. The van der Waals surface area contributed by atoms with Crippen molar-refractivity contribution in [1.29, 1.82) is 0 Å². The lowest BCUT2D eigenvalue weighted by Crippen LogP contribution is -2.01. The van der Waals surface area contributed by atoms with Crippen LogP contribution in [0.25, 0.3) is 11.1 Å². The van der Waals surface area contributed by atoms with Crippen LogP contribution in [-0.4, -0.2) is 0 Å². The predicted octanol–water partition coefficient (Wildman–Crippen LogP) is 7.39. The van der Waals surface area contributed by atoms with Crippen molar-refractivity contribution >= 4 is 0 Å². The summed E-state index contributed by atoms with van der Waals surface area (Å²) in [6.45, 7) is 9.01. The zero-order chi connectivity index (χ0) is 17.8. The summed E-state index contributed by atoms with van der Waals surface area (Å²) in [5.74, 6) is 2.68. The first-order valence-corrected chi connectivity index (χ1v) is 9.03. The molecule has 3 aromatic rings. The van der Waals surface area contributed by atoms with Gasteiger partial charge in [-0.25, -0.2) is 0 Å². The van der Waals surface area contributed by atoms with Gasteiger partial charge in [0.1, 0.15) is 11.5 Å². The van der Waals surface area contributed by atoms with Crippen LogP contribution in [0.15, 0.2) is 72.8 Å². The summed E-state index contributed by atoms with van der Waals surface area (Å²) in [5, 5.41) is 0. The molecule has 0 amide bonds. The van der Waals surface area contributed by atoms with Crippen LogP contribution >= 0.6 is 0 Å². The first-order valence-electron chi connectivity index (χ1n) is 9.03. The highest BCUT2D eigenvalue weighted by molar-refractivity contribution is 5.77. The molecule has 0 bridgehead atoms. The van der Waals surface area contributed by atoms with Gasteiger partial charge in [0.2, 0.25) is 0 Å². The zero-order valence-corrected chi connectivity index (χ0v) is 15.5. The van der Waals surface area contributed by atoms with Gasteiger partial charge >= 0.3 is 0 Å². The Hall–Kier alpha value is -2.54. The summed E-state index contributed by atoms with van der Waals surface area (Å²) >= 11 is 0. The van der Waals surface area contributed by atoms with Crippen molar-refractivity contribution in [3.63, 3.8) is 0 Å². The van der Waals surface area contributed by atoms with E-state index in [9.17, 15) is 0 Å². The molecule has 0 aromatic heterocycles. The second-order valence-electron chi connectivity index (χ2n) is 7.03. The van der Waals surface area contributed by atoms with Gasteiger partial charge in [-0.1, -0.05) is 82.3 Å². The zero-order valence-electron chi connectivity index (χ0n) is 15.5. The normalized spacial score (nSPS) is 11.1. The standard InChI is InChI=1S/C24H26O/c1-17(2)20-14-10-15-21(18(3)4)24(20)22-13-8-9-16-23(22)25-19-11-6-5-7-12-19/h5-18H,1-4H3. The highest BCUT2D eigenvalue weighted by atomic mass is 16.5. The van der Waals surface area contributed by atoms with E-state index in [4.69, 9.17) is 4.74 Å². The molecule has 0 heterocycles. The SMILES string of the molecule is CC(C)c1cccc(C(C)C)c1-c1ccccc1Oc1ccccc1. The lowest BCUT2D eigenvalue weighted by molar-refractivity contribution is 0.484. The Bertz CT molecular complexity index is 805. The van der Waals surface area contributed by atoms with Gasteiger partial charge in [-0.15, -0.1) is 0 Å². The maximum absolute atomic E-state index is 6.23. The van der Waals surface area contributed by atoms with E-state index in [1.165, 1.54) is 22.3 Å². The molecule has 1 heteroatoms. The second-order valence-corrected chi connectivity index (χ2v) is 7.03. The molecule has 128 valence electrons. The maximum atomic E-state index is 6.23. The second kappa shape index (κ2) is 7.57. The van der Waals surface area contributed by atoms with Crippen LogP contribution in [0.1, 0.15) is 50.7 Å². The molecule has 0 aliphatic carbocycles. The van der Waals surface area contributed by atoms with Crippen LogP contribution in [0.5, 0.6) is 11.5 Å². The Balaban J connectivity index is 2.17. The smallest absolute Gasteiger partial charge is 0.135 e. The molecule has 0 aliphatic heterocycles. The van der Waals surface area contributed by atoms with Gasteiger partial charge in [0, 0.05) is 5.56 Å². The summed E-state index contributed by atoms with van der Waals surface area (Å²) in [4.78, 5) is 0. The molecule has 3 aromatic carbocycles. The molecule has 0 saturated heterocycles. The van der Waals surface area contributed by atoms with E-state index >= 15 is 0 Å². The van der Waals surface area contributed by atoms with Gasteiger partial charge in [0.25, 0.3) is 0 Å². The highest BCUT2D eigenvalue weighted by Crippen LogP contribution is 2.41. The van der Waals surface area contributed by atoms with Crippen molar-refractivity contribution in [1.82, 2.24) is 0 Å². The van der Waals surface area contributed by atoms with E-state index in [2.05, 4.69) is 64.1 Å². The van der Waals surface area contributed by atoms with Crippen molar-refractivity contribution in [3.05, 3.63) is 83.9 Å². The molecule has 3 rings (SSSR count). The van der Waals surface area contributed by atoms with E-state index in [-0.39, 0.29) is 0 Å². The van der Waals surface area contributed by atoms with Gasteiger partial charge < -0.3 is 4.74 Å². The molecular formula is C24H26O. The lowest BCUT2D eigenvalue weighted by Gasteiger charge is -2.22. The monoisotopic (exact) mass is 330 g/mol. The fourth-order valence-electron chi connectivity index (χ4n) is 3.24. The average Bonchev–Trinajstić information content (AvgIpc) is 2.62. The largest absolute Gasteiger partial charge is 0.457 e. The van der Waals surface area contributed by atoms with Gasteiger partial charge in [-0.2, -0.15) is 0 Å². The highest BCUT2D eigenvalue weighted by Gasteiger charge is 2.18. The molecular weight excluding hydrogens is 304 g/mol. The first-order chi connectivity index (χ1) is 12.1. The topological polar surface area (TPSA) is 9.23 Å². The van der Waals surface area contributed by atoms with Gasteiger partial charge in [0.15, 0.2) is 0 Å². The van der Waals surface area contributed by atoms with Crippen LogP contribution in [0.2, 0.25) is 0 Å². The Kier molecular flexibility index (Phi) is 5.23. The number of para-hydroxylation sites is 2. The number of ether oxygens (including phenoxy) is 1. The van der Waals surface area contributed by atoms with E-state index < -0.39 is 0 Å². The van der Waals surface area contributed by atoms with Crippen molar-refractivity contribution in [2.75, 3.05) is 0 Å². The van der Waals surface area contributed by atoms with Crippen molar-refractivity contribution in [2.24, 2.45) is 0 Å². The molecule has 1 nitrogen and oxygen atoms in total. The molecule has 25 heavy (non-hydrogen) atoms. The third-order valence-corrected chi connectivity index (χ3v) is 4.50. The summed E-state index contributed by atoms with van der Waals surface area (Å²) in [7, 11) is 0. The molecule has 0 radical (unpaired) electrons. The van der Waals surface area contributed by atoms with Crippen molar-refractivity contribution in [2.45, 2.75) is 39.5 Å². The molecule has 0 fully saturated rings. The van der Waals surface area contributed by atoms with E-state index in [0.29, 0.717) is 11.8 Å². The number of rotatable bonds is 5. The minimum Gasteiger partial charge on any atom is -0.457 e. The van der Waals surface area contributed by atoms with Crippen LogP contribution < -0.4 is 4.74 Å². The molecule has 0 aliphatic rings. The fraction of sp³-hybridized carbons (Fsp3) is 0.250. The lowest BCUT2D eigenvalue weighted by atomic mass is 9.85. The number of hydrogen-bond donors (Lipinski definition) is 0. The molecule has 0 atom stereocenters. The van der Waals surface area contributed by atoms with E-state index in [1.807, 2.05) is 36.4 Å². The third kappa shape index (κ3) is 3.76. The number of benzene rings is 3. The van der Waals surface area contributed by atoms with Crippen molar-refractivity contribution < 1.29 is 4.74 Å². The quantitative estimate of drug-likeness (QED) is 0.474. The van der Waals surface area contributed by atoms with Crippen LogP contribution in [0, 0.1) is 0 Å². The minimum atomic E-state index is 0.457. The molecule has 0 spiro atoms.